The quantitative estimate of drug-likeness (QED) is 0.719. The highest BCUT2D eigenvalue weighted by Crippen LogP contribution is 2.33. The molecule has 0 aliphatic heterocycles. The van der Waals surface area contributed by atoms with Gasteiger partial charge in [-0.05, 0) is 55.0 Å². The molecule has 0 bridgehead atoms. The van der Waals surface area contributed by atoms with Crippen molar-refractivity contribution in [2.75, 3.05) is 7.11 Å². The zero-order valence-electron chi connectivity index (χ0n) is 13.4. The van der Waals surface area contributed by atoms with E-state index in [1.165, 1.54) is 0 Å². The summed E-state index contributed by atoms with van der Waals surface area (Å²) in [4.78, 5) is 3.39. The predicted octanol–water partition coefficient (Wildman–Crippen LogP) is 4.58. The molecular weight excluding hydrogens is 298 g/mol. The van der Waals surface area contributed by atoms with E-state index in [-0.39, 0.29) is 5.57 Å². The number of benzene rings is 2. The maximum atomic E-state index is 9.11. The maximum absolute atomic E-state index is 9.11. The molecule has 116 valence electrons. The number of allylic oxidation sites excluding steroid dienone is 1. The molecule has 3 rings (SSSR count). The highest BCUT2D eigenvalue weighted by molar-refractivity contribution is 5.98. The van der Waals surface area contributed by atoms with Crippen molar-refractivity contribution in [1.29, 1.82) is 10.5 Å². The first-order valence-corrected chi connectivity index (χ1v) is 7.45. The molecule has 4 nitrogen and oxygen atoms in total. The Bertz CT molecular complexity index is 996. The number of ether oxygens (including phenoxy) is 1. The summed E-state index contributed by atoms with van der Waals surface area (Å²) in [6, 6.07) is 17.6. The number of fused-ring (bicyclic) bond motifs is 1. The molecule has 1 N–H and O–H groups in total. The largest absolute Gasteiger partial charge is 0.497 e. The molecular formula is C20H15N3O. The van der Waals surface area contributed by atoms with Crippen LogP contribution in [0.2, 0.25) is 0 Å². The highest BCUT2D eigenvalue weighted by Gasteiger charge is 2.13. The number of hydrogen-bond donors (Lipinski definition) is 1. The molecule has 0 unspecified atom stereocenters. The summed E-state index contributed by atoms with van der Waals surface area (Å²) in [5.41, 5.74) is 4.84. The molecule has 1 heterocycles. The number of aryl methyl sites for hydroxylation is 1. The zero-order valence-corrected chi connectivity index (χ0v) is 13.4. The number of methoxy groups -OCH3 is 1. The highest BCUT2D eigenvalue weighted by atomic mass is 16.5. The number of aromatic nitrogens is 1. The molecule has 0 saturated carbocycles. The van der Waals surface area contributed by atoms with Crippen LogP contribution >= 0.6 is 0 Å². The molecule has 1 aromatic heterocycles. The molecule has 0 radical (unpaired) electrons. The Kier molecular flexibility index (Phi) is 4.05. The summed E-state index contributed by atoms with van der Waals surface area (Å²) in [6.45, 7) is 2.02. The topological polar surface area (TPSA) is 72.6 Å². The second-order valence-corrected chi connectivity index (χ2v) is 5.47. The molecule has 24 heavy (non-hydrogen) atoms. The Hall–Kier alpha value is -3.50. The van der Waals surface area contributed by atoms with Crippen molar-refractivity contribution in [1.82, 2.24) is 4.98 Å². The number of H-pyrrole nitrogens is 1. The Morgan fingerprint density at radius 3 is 2.42 bits per heavy atom. The Morgan fingerprint density at radius 2 is 1.79 bits per heavy atom. The van der Waals surface area contributed by atoms with Crippen LogP contribution in [0.4, 0.5) is 0 Å². The van der Waals surface area contributed by atoms with Crippen molar-refractivity contribution < 1.29 is 4.74 Å². The summed E-state index contributed by atoms with van der Waals surface area (Å²) in [7, 11) is 1.63. The molecule has 0 aliphatic rings. The lowest BCUT2D eigenvalue weighted by Crippen LogP contribution is -1.85. The van der Waals surface area contributed by atoms with E-state index in [0.717, 1.165) is 39.0 Å². The Morgan fingerprint density at radius 1 is 1.08 bits per heavy atom. The fourth-order valence-electron chi connectivity index (χ4n) is 2.70. The van der Waals surface area contributed by atoms with E-state index >= 15 is 0 Å². The molecule has 0 aliphatic carbocycles. The van der Waals surface area contributed by atoms with Crippen LogP contribution in [0, 0.1) is 29.6 Å². The number of hydrogen-bond acceptors (Lipinski definition) is 3. The number of aromatic amines is 1. The minimum absolute atomic E-state index is 0.0761. The minimum Gasteiger partial charge on any atom is -0.497 e. The minimum atomic E-state index is 0.0761. The third kappa shape index (κ3) is 2.74. The van der Waals surface area contributed by atoms with Crippen LogP contribution in [0.25, 0.3) is 28.2 Å². The van der Waals surface area contributed by atoms with Gasteiger partial charge in [0.1, 0.15) is 23.5 Å². The van der Waals surface area contributed by atoms with Gasteiger partial charge in [-0.25, -0.2) is 0 Å². The van der Waals surface area contributed by atoms with Crippen LogP contribution in [-0.4, -0.2) is 12.1 Å². The van der Waals surface area contributed by atoms with Crippen molar-refractivity contribution in [2.24, 2.45) is 0 Å². The number of rotatable bonds is 3. The lowest BCUT2D eigenvalue weighted by molar-refractivity contribution is 0.415. The van der Waals surface area contributed by atoms with Crippen molar-refractivity contribution in [3.05, 3.63) is 59.2 Å². The monoisotopic (exact) mass is 313 g/mol. The average molecular weight is 313 g/mol. The van der Waals surface area contributed by atoms with Gasteiger partial charge < -0.3 is 9.72 Å². The maximum Gasteiger partial charge on any atom is 0.130 e. The molecule has 0 fully saturated rings. The summed E-state index contributed by atoms with van der Waals surface area (Å²) in [5, 5.41) is 19.2. The normalized spacial score (nSPS) is 10.0. The van der Waals surface area contributed by atoms with Gasteiger partial charge >= 0.3 is 0 Å². The first kappa shape index (κ1) is 15.4. The molecule has 0 spiro atoms. The van der Waals surface area contributed by atoms with Crippen LogP contribution in [0.5, 0.6) is 5.75 Å². The molecule has 0 amide bonds. The van der Waals surface area contributed by atoms with E-state index in [2.05, 4.69) is 11.1 Å². The van der Waals surface area contributed by atoms with Gasteiger partial charge in [0.2, 0.25) is 0 Å². The third-order valence-electron chi connectivity index (χ3n) is 3.90. The van der Waals surface area contributed by atoms with Crippen molar-refractivity contribution in [3.8, 4) is 29.1 Å². The van der Waals surface area contributed by atoms with E-state index in [1.807, 2.05) is 55.5 Å². The molecule has 0 atom stereocenters. The van der Waals surface area contributed by atoms with Crippen molar-refractivity contribution in [3.63, 3.8) is 0 Å². The molecule has 3 aromatic rings. The van der Waals surface area contributed by atoms with Gasteiger partial charge in [0.05, 0.1) is 12.8 Å². The number of nitriles is 2. The standard InChI is InChI=1S/C20H15N3O/c1-13-3-8-19-17(9-13)18(10-14(11-21)12-22)20(23-19)15-4-6-16(24-2)7-5-15/h3-10,23H,1-2H3. The summed E-state index contributed by atoms with van der Waals surface area (Å²) in [5.74, 6) is 0.775. The van der Waals surface area contributed by atoms with Gasteiger partial charge in [0, 0.05) is 16.5 Å². The lowest BCUT2D eigenvalue weighted by Gasteiger charge is -2.04. The van der Waals surface area contributed by atoms with E-state index in [1.54, 1.807) is 13.2 Å². The van der Waals surface area contributed by atoms with Crippen molar-refractivity contribution >= 4 is 17.0 Å². The second-order valence-electron chi connectivity index (χ2n) is 5.47. The SMILES string of the molecule is COc1ccc(-c2[nH]c3ccc(C)cc3c2C=C(C#N)C#N)cc1. The lowest BCUT2D eigenvalue weighted by atomic mass is 10.0. The first-order chi connectivity index (χ1) is 11.7. The third-order valence-corrected chi connectivity index (χ3v) is 3.90. The summed E-state index contributed by atoms with van der Waals surface area (Å²) >= 11 is 0. The van der Waals surface area contributed by atoms with Gasteiger partial charge in [-0.1, -0.05) is 11.6 Å². The second kappa shape index (κ2) is 6.32. The van der Waals surface area contributed by atoms with Gasteiger partial charge in [-0.15, -0.1) is 0 Å². The van der Waals surface area contributed by atoms with E-state index in [4.69, 9.17) is 15.3 Å². The molecule has 0 saturated heterocycles. The molecule has 4 heteroatoms. The zero-order chi connectivity index (χ0) is 17.1. The van der Waals surface area contributed by atoms with Crippen molar-refractivity contribution in [2.45, 2.75) is 6.92 Å². The van der Waals surface area contributed by atoms with Gasteiger partial charge in [-0.2, -0.15) is 10.5 Å². The van der Waals surface area contributed by atoms with Crippen LogP contribution in [-0.2, 0) is 0 Å². The van der Waals surface area contributed by atoms with Crippen LogP contribution in [0.15, 0.2) is 48.0 Å². The molecule has 2 aromatic carbocycles. The van der Waals surface area contributed by atoms with Crippen LogP contribution < -0.4 is 4.74 Å². The predicted molar refractivity (Wildman–Crippen MR) is 94.2 cm³/mol. The van der Waals surface area contributed by atoms with Gasteiger partial charge in [-0.3, -0.25) is 0 Å². The Balaban J connectivity index is 2.28. The fourth-order valence-corrected chi connectivity index (χ4v) is 2.70. The van der Waals surface area contributed by atoms with Gasteiger partial charge in [0.25, 0.3) is 0 Å². The number of nitrogens with one attached hydrogen (secondary N) is 1. The number of nitrogens with zero attached hydrogens (tertiary/aromatic N) is 2. The first-order valence-electron chi connectivity index (χ1n) is 7.45. The Labute approximate surface area is 140 Å². The average Bonchev–Trinajstić information content (AvgIpc) is 2.97. The van der Waals surface area contributed by atoms with E-state index in [0.29, 0.717) is 0 Å². The van der Waals surface area contributed by atoms with Gasteiger partial charge in [0.15, 0.2) is 0 Å². The van der Waals surface area contributed by atoms with Crippen LogP contribution in [0.3, 0.4) is 0 Å². The summed E-state index contributed by atoms with van der Waals surface area (Å²) in [6.07, 6.45) is 1.64. The van der Waals surface area contributed by atoms with Crippen LogP contribution in [0.1, 0.15) is 11.1 Å². The fraction of sp³-hybridized carbons (Fsp3) is 0.100. The smallest absolute Gasteiger partial charge is 0.130 e. The van der Waals surface area contributed by atoms with E-state index in [9.17, 15) is 0 Å². The van der Waals surface area contributed by atoms with E-state index < -0.39 is 0 Å². The summed E-state index contributed by atoms with van der Waals surface area (Å²) < 4.78 is 5.20.